The van der Waals surface area contributed by atoms with Crippen molar-refractivity contribution in [1.82, 2.24) is 4.90 Å². The maximum Gasteiger partial charge on any atom is 0.134 e. The molecule has 3 atom stereocenters. The minimum atomic E-state index is 0.325. The highest BCUT2D eigenvalue weighted by atomic mass is 16.1. The summed E-state index contributed by atoms with van der Waals surface area (Å²) < 4.78 is 0. The van der Waals surface area contributed by atoms with E-state index in [1.54, 1.807) is 6.92 Å². The van der Waals surface area contributed by atoms with Gasteiger partial charge >= 0.3 is 0 Å². The van der Waals surface area contributed by atoms with Gasteiger partial charge < -0.3 is 0 Å². The van der Waals surface area contributed by atoms with Crippen LogP contribution in [0.1, 0.15) is 52.4 Å². The van der Waals surface area contributed by atoms with Crippen LogP contribution in [0.5, 0.6) is 0 Å². The Morgan fingerprint density at radius 3 is 2.69 bits per heavy atom. The van der Waals surface area contributed by atoms with Crippen LogP contribution < -0.4 is 0 Å². The summed E-state index contributed by atoms with van der Waals surface area (Å²) in [6.07, 6.45) is 7.83. The van der Waals surface area contributed by atoms with Gasteiger partial charge in [-0.1, -0.05) is 19.8 Å². The van der Waals surface area contributed by atoms with Crippen molar-refractivity contribution in [2.75, 3.05) is 13.1 Å². The lowest BCUT2D eigenvalue weighted by Gasteiger charge is -2.40. The third-order valence-electron chi connectivity index (χ3n) is 4.45. The second-order valence-electron chi connectivity index (χ2n) is 5.87. The second kappa shape index (κ2) is 5.31. The maximum absolute atomic E-state index is 11.5. The van der Waals surface area contributed by atoms with Crippen molar-refractivity contribution in [2.24, 2.45) is 11.8 Å². The Morgan fingerprint density at radius 2 is 2.00 bits per heavy atom. The standard InChI is InChI=1S/C14H25NO/c1-11-5-3-7-14(9-11)15-8-4-6-13(10-15)12(2)16/h11,13-14H,3-10H2,1-2H3. The molecule has 0 amide bonds. The first kappa shape index (κ1) is 12.1. The number of Topliss-reactive ketones (excluding diaryl/α,β-unsaturated/α-hetero) is 1. The Morgan fingerprint density at radius 1 is 1.19 bits per heavy atom. The SMILES string of the molecule is CC(=O)C1CCCN(C2CCCC(C)C2)C1. The summed E-state index contributed by atoms with van der Waals surface area (Å²) in [5.41, 5.74) is 0. The minimum Gasteiger partial charge on any atom is -0.300 e. The topological polar surface area (TPSA) is 20.3 Å². The molecule has 2 nitrogen and oxygen atoms in total. The molecule has 2 heteroatoms. The van der Waals surface area contributed by atoms with Crippen molar-refractivity contribution in [2.45, 2.75) is 58.4 Å². The van der Waals surface area contributed by atoms with Gasteiger partial charge in [0.25, 0.3) is 0 Å². The van der Waals surface area contributed by atoms with E-state index in [2.05, 4.69) is 11.8 Å². The number of likely N-dealkylation sites (tertiary alicyclic amines) is 1. The van der Waals surface area contributed by atoms with E-state index in [1.165, 1.54) is 38.6 Å². The number of rotatable bonds is 2. The largest absolute Gasteiger partial charge is 0.300 e. The van der Waals surface area contributed by atoms with Crippen LogP contribution in [0.3, 0.4) is 0 Å². The summed E-state index contributed by atoms with van der Waals surface area (Å²) in [6.45, 7) is 6.39. The van der Waals surface area contributed by atoms with Crippen molar-refractivity contribution >= 4 is 5.78 Å². The number of carbonyl (C=O) groups excluding carboxylic acids is 1. The van der Waals surface area contributed by atoms with Crippen LogP contribution in [0.25, 0.3) is 0 Å². The summed E-state index contributed by atoms with van der Waals surface area (Å²) in [5, 5.41) is 0. The fourth-order valence-corrected chi connectivity index (χ4v) is 3.40. The highest BCUT2D eigenvalue weighted by Crippen LogP contribution is 2.30. The first-order chi connectivity index (χ1) is 7.66. The fourth-order valence-electron chi connectivity index (χ4n) is 3.40. The molecular formula is C14H25NO. The van der Waals surface area contributed by atoms with Crippen LogP contribution in [0.4, 0.5) is 0 Å². The molecule has 0 radical (unpaired) electrons. The third kappa shape index (κ3) is 2.85. The summed E-state index contributed by atoms with van der Waals surface area (Å²) in [7, 11) is 0. The van der Waals surface area contributed by atoms with Gasteiger partial charge in [-0.05, 0) is 45.1 Å². The smallest absolute Gasteiger partial charge is 0.134 e. The lowest BCUT2D eigenvalue weighted by Crippen LogP contribution is -2.45. The second-order valence-corrected chi connectivity index (χ2v) is 5.87. The number of carbonyl (C=O) groups is 1. The monoisotopic (exact) mass is 223 g/mol. The molecule has 1 saturated carbocycles. The zero-order valence-electron chi connectivity index (χ0n) is 10.7. The van der Waals surface area contributed by atoms with Gasteiger partial charge in [0, 0.05) is 18.5 Å². The molecule has 3 unspecified atom stereocenters. The van der Waals surface area contributed by atoms with Crippen molar-refractivity contribution in [3.05, 3.63) is 0 Å². The molecule has 92 valence electrons. The Bertz CT molecular complexity index is 251. The fraction of sp³-hybridized carbons (Fsp3) is 0.929. The maximum atomic E-state index is 11.5. The van der Waals surface area contributed by atoms with Crippen LogP contribution in [0.2, 0.25) is 0 Å². The zero-order chi connectivity index (χ0) is 11.5. The Hall–Kier alpha value is -0.370. The summed E-state index contributed by atoms with van der Waals surface area (Å²) in [6, 6.07) is 0.769. The summed E-state index contributed by atoms with van der Waals surface area (Å²) in [5.74, 6) is 1.61. The number of hydrogen-bond acceptors (Lipinski definition) is 2. The van der Waals surface area contributed by atoms with Gasteiger partial charge in [-0.3, -0.25) is 9.69 Å². The lowest BCUT2D eigenvalue weighted by atomic mass is 9.84. The van der Waals surface area contributed by atoms with E-state index >= 15 is 0 Å². The van der Waals surface area contributed by atoms with Crippen LogP contribution in [0.15, 0.2) is 0 Å². The molecule has 2 aliphatic rings. The van der Waals surface area contributed by atoms with Crippen molar-refractivity contribution < 1.29 is 4.79 Å². The molecule has 1 aliphatic heterocycles. The summed E-state index contributed by atoms with van der Waals surface area (Å²) >= 11 is 0. The molecule has 1 aliphatic carbocycles. The molecule has 2 rings (SSSR count). The lowest BCUT2D eigenvalue weighted by molar-refractivity contribution is -0.122. The van der Waals surface area contributed by atoms with Gasteiger partial charge in [0.15, 0.2) is 0 Å². The van der Waals surface area contributed by atoms with E-state index in [1.807, 2.05) is 0 Å². The molecule has 2 fully saturated rings. The van der Waals surface area contributed by atoms with Crippen LogP contribution >= 0.6 is 0 Å². The van der Waals surface area contributed by atoms with Crippen LogP contribution in [-0.2, 0) is 4.79 Å². The molecule has 0 spiro atoms. The quantitative estimate of drug-likeness (QED) is 0.717. The predicted octanol–water partition coefficient (Wildman–Crippen LogP) is 2.87. The van der Waals surface area contributed by atoms with Gasteiger partial charge in [-0.15, -0.1) is 0 Å². The predicted molar refractivity (Wildman–Crippen MR) is 66.4 cm³/mol. The Kier molecular flexibility index (Phi) is 4.01. The number of ketones is 1. The van der Waals surface area contributed by atoms with E-state index in [0.29, 0.717) is 11.7 Å². The minimum absolute atomic E-state index is 0.325. The first-order valence-corrected chi connectivity index (χ1v) is 6.91. The molecule has 0 aromatic heterocycles. The average molecular weight is 223 g/mol. The summed E-state index contributed by atoms with van der Waals surface area (Å²) in [4.78, 5) is 14.1. The molecule has 0 N–H and O–H groups in total. The van der Waals surface area contributed by atoms with Gasteiger partial charge in [0.05, 0.1) is 0 Å². The van der Waals surface area contributed by atoms with Crippen molar-refractivity contribution in [3.63, 3.8) is 0 Å². The highest BCUT2D eigenvalue weighted by Gasteiger charge is 2.30. The van der Waals surface area contributed by atoms with Gasteiger partial charge in [-0.25, -0.2) is 0 Å². The molecule has 0 bridgehead atoms. The number of nitrogens with zero attached hydrogens (tertiary/aromatic N) is 1. The Balaban J connectivity index is 1.90. The average Bonchev–Trinajstić information content (AvgIpc) is 2.29. The highest BCUT2D eigenvalue weighted by molar-refractivity contribution is 5.78. The van der Waals surface area contributed by atoms with E-state index in [0.717, 1.165) is 24.9 Å². The molecule has 0 aromatic carbocycles. The van der Waals surface area contributed by atoms with Crippen molar-refractivity contribution in [1.29, 1.82) is 0 Å². The van der Waals surface area contributed by atoms with Crippen LogP contribution in [0, 0.1) is 11.8 Å². The normalized spacial score (nSPS) is 37.2. The van der Waals surface area contributed by atoms with Crippen molar-refractivity contribution in [3.8, 4) is 0 Å². The number of piperidine rings is 1. The third-order valence-corrected chi connectivity index (χ3v) is 4.45. The van der Waals surface area contributed by atoms with Crippen LogP contribution in [-0.4, -0.2) is 29.8 Å². The molecule has 16 heavy (non-hydrogen) atoms. The van der Waals surface area contributed by atoms with E-state index in [9.17, 15) is 4.79 Å². The number of hydrogen-bond donors (Lipinski definition) is 0. The van der Waals surface area contributed by atoms with E-state index < -0.39 is 0 Å². The molecule has 1 heterocycles. The molecule has 1 saturated heterocycles. The van der Waals surface area contributed by atoms with E-state index in [-0.39, 0.29) is 0 Å². The van der Waals surface area contributed by atoms with Gasteiger partial charge in [-0.2, -0.15) is 0 Å². The van der Waals surface area contributed by atoms with Gasteiger partial charge in [0.1, 0.15) is 5.78 Å². The molecular weight excluding hydrogens is 198 g/mol. The molecule has 0 aromatic rings. The first-order valence-electron chi connectivity index (χ1n) is 6.91. The Labute approximate surface area is 99.4 Å². The van der Waals surface area contributed by atoms with Gasteiger partial charge in [0.2, 0.25) is 0 Å². The van der Waals surface area contributed by atoms with E-state index in [4.69, 9.17) is 0 Å². The zero-order valence-corrected chi connectivity index (χ0v) is 10.7.